The molecular formula is C9H16N4. The maximum atomic E-state index is 3.96. The lowest BCUT2D eigenvalue weighted by Crippen LogP contribution is -2.21. The lowest BCUT2D eigenvalue weighted by atomic mass is 10.0. The molecule has 0 amide bonds. The topological polar surface area (TPSA) is 42.7 Å². The second kappa shape index (κ2) is 3.46. The first-order chi connectivity index (χ1) is 6.31. The fourth-order valence-electron chi connectivity index (χ4n) is 2.18. The van der Waals surface area contributed by atoms with Gasteiger partial charge in [0.2, 0.25) is 0 Å². The van der Waals surface area contributed by atoms with Crippen LogP contribution in [0.1, 0.15) is 30.9 Å². The monoisotopic (exact) mass is 180 g/mol. The summed E-state index contributed by atoms with van der Waals surface area (Å²) in [4.78, 5) is 0. The van der Waals surface area contributed by atoms with E-state index in [1.54, 1.807) is 0 Å². The Morgan fingerprint density at radius 3 is 2.92 bits per heavy atom. The summed E-state index contributed by atoms with van der Waals surface area (Å²) in [5.41, 5.74) is 1.28. The molecule has 1 aliphatic carbocycles. The van der Waals surface area contributed by atoms with Crippen molar-refractivity contribution >= 4 is 0 Å². The van der Waals surface area contributed by atoms with Crippen LogP contribution in [0.4, 0.5) is 0 Å². The third-order valence-electron chi connectivity index (χ3n) is 3.01. The van der Waals surface area contributed by atoms with Crippen molar-refractivity contribution in [2.75, 3.05) is 7.05 Å². The molecule has 1 N–H and O–H groups in total. The molecule has 72 valence electrons. The van der Waals surface area contributed by atoms with Gasteiger partial charge in [0.15, 0.2) is 0 Å². The first kappa shape index (κ1) is 8.69. The highest BCUT2D eigenvalue weighted by Crippen LogP contribution is 2.33. The molecule has 1 aromatic rings. The molecule has 2 rings (SSSR count). The van der Waals surface area contributed by atoms with Crippen molar-refractivity contribution in [1.82, 2.24) is 20.3 Å². The molecule has 13 heavy (non-hydrogen) atoms. The van der Waals surface area contributed by atoms with Gasteiger partial charge in [-0.2, -0.15) is 0 Å². The van der Waals surface area contributed by atoms with Crippen LogP contribution < -0.4 is 5.32 Å². The standard InChI is InChI=1S/C9H16N4/c1-10-8-4-3-7(5-8)9-6-11-12-13(9)2/h6-8,10H,3-5H2,1-2H3. The number of aryl methyl sites for hydroxylation is 1. The normalized spacial score (nSPS) is 28.2. The number of nitrogens with one attached hydrogen (secondary N) is 1. The fourth-order valence-corrected chi connectivity index (χ4v) is 2.18. The van der Waals surface area contributed by atoms with Gasteiger partial charge in [0.05, 0.1) is 11.9 Å². The molecule has 1 saturated carbocycles. The van der Waals surface area contributed by atoms with Gasteiger partial charge in [0, 0.05) is 19.0 Å². The van der Waals surface area contributed by atoms with Gasteiger partial charge in [0.1, 0.15) is 0 Å². The zero-order valence-electron chi connectivity index (χ0n) is 8.20. The van der Waals surface area contributed by atoms with Crippen molar-refractivity contribution in [3.05, 3.63) is 11.9 Å². The van der Waals surface area contributed by atoms with E-state index in [1.807, 2.05) is 25.0 Å². The number of nitrogens with zero attached hydrogens (tertiary/aromatic N) is 3. The van der Waals surface area contributed by atoms with Gasteiger partial charge in [-0.3, -0.25) is 4.68 Å². The predicted molar refractivity (Wildman–Crippen MR) is 50.4 cm³/mol. The molecule has 1 aromatic heterocycles. The summed E-state index contributed by atoms with van der Waals surface area (Å²) in [5, 5.41) is 11.2. The molecule has 1 aliphatic rings. The maximum absolute atomic E-state index is 3.96. The van der Waals surface area contributed by atoms with Gasteiger partial charge in [-0.1, -0.05) is 5.21 Å². The van der Waals surface area contributed by atoms with Crippen LogP contribution in [0.25, 0.3) is 0 Å². The lowest BCUT2D eigenvalue weighted by Gasteiger charge is -2.09. The highest BCUT2D eigenvalue weighted by molar-refractivity contribution is 5.06. The molecule has 0 spiro atoms. The summed E-state index contributed by atoms with van der Waals surface area (Å²) in [5.74, 6) is 0.650. The molecule has 1 heterocycles. The molecule has 0 aliphatic heterocycles. The third kappa shape index (κ3) is 1.58. The molecule has 0 saturated heterocycles. The predicted octanol–water partition coefficient (Wildman–Crippen LogP) is 0.671. The van der Waals surface area contributed by atoms with E-state index in [2.05, 4.69) is 15.6 Å². The number of rotatable bonds is 2. The van der Waals surface area contributed by atoms with Gasteiger partial charge >= 0.3 is 0 Å². The van der Waals surface area contributed by atoms with E-state index in [1.165, 1.54) is 25.0 Å². The first-order valence-corrected chi connectivity index (χ1v) is 4.83. The van der Waals surface area contributed by atoms with Gasteiger partial charge in [-0.15, -0.1) is 5.10 Å². The number of hydrogen-bond acceptors (Lipinski definition) is 3. The summed E-state index contributed by atoms with van der Waals surface area (Å²) in [6.07, 6.45) is 5.64. The SMILES string of the molecule is CNC1CCC(c2cnnn2C)C1. The summed E-state index contributed by atoms with van der Waals surface area (Å²) < 4.78 is 1.89. The zero-order chi connectivity index (χ0) is 9.26. The summed E-state index contributed by atoms with van der Waals surface area (Å²) in [7, 11) is 4.00. The highest BCUT2D eigenvalue weighted by atomic mass is 15.4. The van der Waals surface area contributed by atoms with E-state index in [-0.39, 0.29) is 0 Å². The Hall–Kier alpha value is -0.900. The molecule has 2 atom stereocenters. The van der Waals surface area contributed by atoms with Crippen LogP contribution >= 0.6 is 0 Å². The van der Waals surface area contributed by atoms with Crippen molar-refractivity contribution < 1.29 is 0 Å². The highest BCUT2D eigenvalue weighted by Gasteiger charge is 2.26. The Kier molecular flexibility index (Phi) is 2.31. The molecular weight excluding hydrogens is 164 g/mol. The molecule has 4 nitrogen and oxygen atoms in total. The Labute approximate surface area is 78.3 Å². The summed E-state index contributed by atoms with van der Waals surface area (Å²) in [6.45, 7) is 0. The van der Waals surface area contributed by atoms with E-state index >= 15 is 0 Å². The van der Waals surface area contributed by atoms with Crippen LogP contribution in [0.3, 0.4) is 0 Å². The fraction of sp³-hybridized carbons (Fsp3) is 0.778. The first-order valence-electron chi connectivity index (χ1n) is 4.83. The molecule has 2 unspecified atom stereocenters. The Bertz CT molecular complexity index is 281. The van der Waals surface area contributed by atoms with Gasteiger partial charge < -0.3 is 5.32 Å². The quantitative estimate of drug-likeness (QED) is 0.727. The van der Waals surface area contributed by atoms with Crippen LogP contribution in [0, 0.1) is 0 Å². The van der Waals surface area contributed by atoms with Gasteiger partial charge in [-0.25, -0.2) is 0 Å². The smallest absolute Gasteiger partial charge is 0.0727 e. The van der Waals surface area contributed by atoms with Crippen molar-refractivity contribution in [3.8, 4) is 0 Å². The lowest BCUT2D eigenvalue weighted by molar-refractivity contribution is 0.556. The average molecular weight is 180 g/mol. The largest absolute Gasteiger partial charge is 0.317 e. The van der Waals surface area contributed by atoms with E-state index in [4.69, 9.17) is 0 Å². The zero-order valence-corrected chi connectivity index (χ0v) is 8.20. The van der Waals surface area contributed by atoms with Crippen molar-refractivity contribution in [2.45, 2.75) is 31.2 Å². The summed E-state index contributed by atoms with van der Waals surface area (Å²) >= 11 is 0. The molecule has 0 aromatic carbocycles. The van der Waals surface area contributed by atoms with Crippen LogP contribution in [-0.2, 0) is 7.05 Å². The van der Waals surface area contributed by atoms with Crippen molar-refractivity contribution in [3.63, 3.8) is 0 Å². The Morgan fingerprint density at radius 1 is 1.54 bits per heavy atom. The third-order valence-corrected chi connectivity index (χ3v) is 3.01. The van der Waals surface area contributed by atoms with Crippen molar-refractivity contribution in [1.29, 1.82) is 0 Å². The minimum atomic E-state index is 0.650. The number of aromatic nitrogens is 3. The minimum absolute atomic E-state index is 0.650. The minimum Gasteiger partial charge on any atom is -0.317 e. The molecule has 0 bridgehead atoms. The van der Waals surface area contributed by atoms with Crippen LogP contribution in [0.5, 0.6) is 0 Å². The Morgan fingerprint density at radius 2 is 2.38 bits per heavy atom. The van der Waals surface area contributed by atoms with Gasteiger partial charge in [0.25, 0.3) is 0 Å². The van der Waals surface area contributed by atoms with E-state index in [0.29, 0.717) is 12.0 Å². The molecule has 4 heteroatoms. The average Bonchev–Trinajstić information content (AvgIpc) is 2.71. The van der Waals surface area contributed by atoms with Crippen molar-refractivity contribution in [2.24, 2.45) is 7.05 Å². The maximum Gasteiger partial charge on any atom is 0.0727 e. The van der Waals surface area contributed by atoms with Gasteiger partial charge in [-0.05, 0) is 26.3 Å². The second-order valence-corrected chi connectivity index (χ2v) is 3.78. The number of hydrogen-bond donors (Lipinski definition) is 1. The van der Waals surface area contributed by atoms with Crippen LogP contribution in [0.2, 0.25) is 0 Å². The second-order valence-electron chi connectivity index (χ2n) is 3.78. The molecule has 0 radical (unpaired) electrons. The molecule has 1 fully saturated rings. The van der Waals surface area contributed by atoms with E-state index < -0.39 is 0 Å². The summed E-state index contributed by atoms with van der Waals surface area (Å²) in [6, 6.07) is 0.680. The Balaban J connectivity index is 2.08. The van der Waals surface area contributed by atoms with E-state index in [9.17, 15) is 0 Å². The van der Waals surface area contributed by atoms with Crippen LogP contribution in [-0.4, -0.2) is 28.1 Å². The van der Waals surface area contributed by atoms with Crippen LogP contribution in [0.15, 0.2) is 6.20 Å². The van der Waals surface area contributed by atoms with E-state index in [0.717, 1.165) is 0 Å².